The van der Waals surface area contributed by atoms with Gasteiger partial charge in [-0.3, -0.25) is 4.90 Å². The van der Waals surface area contributed by atoms with E-state index in [1.165, 1.54) is 49.9 Å². The summed E-state index contributed by atoms with van der Waals surface area (Å²) < 4.78 is 75.9. The van der Waals surface area contributed by atoms with Crippen molar-refractivity contribution in [1.29, 1.82) is 0 Å². The highest BCUT2D eigenvalue weighted by Crippen LogP contribution is 2.36. The van der Waals surface area contributed by atoms with Crippen LogP contribution in [0.15, 0.2) is 88.7 Å². The fraction of sp³-hybridized carbons (Fsp3) is 0.550. The summed E-state index contributed by atoms with van der Waals surface area (Å²) in [7, 11) is -7.18. The average Bonchev–Trinajstić information content (AvgIpc) is 3.17. The van der Waals surface area contributed by atoms with E-state index in [4.69, 9.17) is 4.74 Å². The van der Waals surface area contributed by atoms with Gasteiger partial charge in [-0.25, -0.2) is 21.2 Å². The lowest BCUT2D eigenvalue weighted by molar-refractivity contribution is 0.0360. The van der Waals surface area contributed by atoms with Crippen molar-refractivity contribution >= 4 is 20.0 Å². The van der Waals surface area contributed by atoms with Crippen LogP contribution in [0.2, 0.25) is 0 Å². The summed E-state index contributed by atoms with van der Waals surface area (Å²) in [4.78, 5) is 5.75. The van der Waals surface area contributed by atoms with Crippen molar-refractivity contribution < 1.29 is 26.0 Å². The molecule has 52 heavy (non-hydrogen) atoms. The molecule has 4 saturated heterocycles. The normalized spacial score (nSPS) is 25.6. The molecular formula is C40H53FN4O5S2. The number of para-hydroxylation sites is 1. The lowest BCUT2D eigenvalue weighted by atomic mass is 9.78. The zero-order valence-electron chi connectivity index (χ0n) is 30.2. The molecule has 4 heterocycles. The van der Waals surface area contributed by atoms with E-state index in [9.17, 15) is 21.2 Å². The van der Waals surface area contributed by atoms with E-state index in [1.807, 2.05) is 30.3 Å². The van der Waals surface area contributed by atoms with Crippen LogP contribution in [0.3, 0.4) is 0 Å². The maximum atomic E-state index is 13.6. The molecule has 0 amide bonds. The Bertz CT molecular complexity index is 1830. The van der Waals surface area contributed by atoms with Gasteiger partial charge >= 0.3 is 0 Å². The molecule has 3 aromatic carbocycles. The van der Waals surface area contributed by atoms with Gasteiger partial charge in [-0.2, -0.15) is 8.61 Å². The van der Waals surface area contributed by atoms with Crippen LogP contribution >= 0.6 is 0 Å². The molecule has 12 heteroatoms. The Morgan fingerprint density at radius 2 is 1.13 bits per heavy atom. The van der Waals surface area contributed by atoms with Crippen LogP contribution in [0.4, 0.5) is 4.39 Å². The van der Waals surface area contributed by atoms with E-state index in [0.29, 0.717) is 72.4 Å². The van der Waals surface area contributed by atoms with Crippen molar-refractivity contribution in [2.75, 3.05) is 52.4 Å². The maximum Gasteiger partial charge on any atom is 0.243 e. The van der Waals surface area contributed by atoms with Gasteiger partial charge in [-0.05, 0) is 143 Å². The molecule has 0 radical (unpaired) electrons. The van der Waals surface area contributed by atoms with Crippen molar-refractivity contribution in [3.8, 4) is 11.5 Å². The van der Waals surface area contributed by atoms with E-state index in [0.717, 1.165) is 51.9 Å². The number of hydrogen-bond acceptors (Lipinski definition) is 7. The Hall–Kier alpha value is -2.87. The molecule has 3 atom stereocenters. The number of nitrogens with zero attached hydrogens (tertiary/aromatic N) is 4. The summed E-state index contributed by atoms with van der Waals surface area (Å²) in [5, 5.41) is 0. The van der Waals surface area contributed by atoms with Gasteiger partial charge < -0.3 is 9.64 Å². The quantitative estimate of drug-likeness (QED) is 0.228. The maximum absolute atomic E-state index is 13.6. The van der Waals surface area contributed by atoms with Gasteiger partial charge in [0.2, 0.25) is 20.0 Å². The number of ether oxygens (including phenoxy) is 1. The number of sulfonamides is 2. The molecular weight excluding hydrogens is 700 g/mol. The molecule has 0 spiro atoms. The third-order valence-electron chi connectivity index (χ3n) is 12.1. The minimum absolute atomic E-state index is 0.160. The number of hydrogen-bond donors (Lipinski definition) is 0. The lowest BCUT2D eigenvalue weighted by Crippen LogP contribution is -2.52. The zero-order valence-corrected chi connectivity index (χ0v) is 31.9. The number of rotatable bonds is 10. The molecule has 0 bridgehead atoms. The number of halogens is 1. The van der Waals surface area contributed by atoms with Crippen LogP contribution in [0, 0.1) is 23.6 Å². The summed E-state index contributed by atoms with van der Waals surface area (Å²) in [5.74, 6) is 2.82. The van der Waals surface area contributed by atoms with Gasteiger partial charge in [0.25, 0.3) is 0 Å². The van der Waals surface area contributed by atoms with Crippen LogP contribution in [0.1, 0.15) is 58.3 Å². The molecule has 4 fully saturated rings. The Kier molecular flexibility index (Phi) is 11.7. The minimum Gasteiger partial charge on any atom is -0.457 e. The van der Waals surface area contributed by atoms with Gasteiger partial charge in [-0.1, -0.05) is 25.1 Å². The SMILES string of the molecule is CC1CCN(C2CCN(S(=O)(=O)c3ccc(Oc4ccccc4)cc3)CC2)CC1CC1CCCN(C2CCN(S(=O)(=O)c3ccc(F)cc3)CC2)C1. The molecule has 4 aliphatic heterocycles. The monoisotopic (exact) mass is 752 g/mol. The summed E-state index contributed by atoms with van der Waals surface area (Å²) >= 11 is 0. The van der Waals surface area contributed by atoms with E-state index in [2.05, 4.69) is 16.7 Å². The molecule has 0 aliphatic carbocycles. The van der Waals surface area contributed by atoms with E-state index in [1.54, 1.807) is 32.9 Å². The second-order valence-corrected chi connectivity index (χ2v) is 19.2. The highest BCUT2D eigenvalue weighted by atomic mass is 32.2. The molecule has 0 saturated carbocycles. The van der Waals surface area contributed by atoms with Crippen LogP contribution in [-0.2, 0) is 20.0 Å². The van der Waals surface area contributed by atoms with Crippen molar-refractivity contribution in [3.05, 3.63) is 84.7 Å². The second kappa shape index (κ2) is 16.2. The van der Waals surface area contributed by atoms with Gasteiger partial charge in [0.05, 0.1) is 9.79 Å². The molecule has 7 rings (SSSR count). The molecule has 3 aromatic rings. The Balaban J connectivity index is 0.880. The van der Waals surface area contributed by atoms with Crippen molar-refractivity contribution in [1.82, 2.24) is 18.4 Å². The van der Waals surface area contributed by atoms with Crippen LogP contribution < -0.4 is 4.74 Å². The fourth-order valence-corrected chi connectivity index (χ4v) is 11.9. The Morgan fingerprint density at radius 3 is 1.71 bits per heavy atom. The zero-order chi connectivity index (χ0) is 36.3. The molecule has 3 unspecified atom stereocenters. The highest BCUT2D eigenvalue weighted by molar-refractivity contribution is 7.89. The van der Waals surface area contributed by atoms with E-state index >= 15 is 0 Å². The van der Waals surface area contributed by atoms with Crippen LogP contribution in [0.5, 0.6) is 11.5 Å². The topological polar surface area (TPSA) is 90.5 Å². The minimum atomic E-state index is -3.61. The average molecular weight is 753 g/mol. The largest absolute Gasteiger partial charge is 0.457 e. The first-order chi connectivity index (χ1) is 25.1. The predicted molar refractivity (Wildman–Crippen MR) is 201 cm³/mol. The molecule has 4 aliphatic rings. The van der Waals surface area contributed by atoms with Crippen LogP contribution in [0.25, 0.3) is 0 Å². The number of benzene rings is 3. The highest BCUT2D eigenvalue weighted by Gasteiger charge is 2.38. The van der Waals surface area contributed by atoms with Gasteiger partial charge in [0.1, 0.15) is 17.3 Å². The first kappa shape index (κ1) is 37.4. The van der Waals surface area contributed by atoms with E-state index in [-0.39, 0.29) is 4.90 Å². The van der Waals surface area contributed by atoms with E-state index < -0.39 is 25.9 Å². The fourth-order valence-electron chi connectivity index (χ4n) is 8.97. The second-order valence-electron chi connectivity index (χ2n) is 15.4. The third kappa shape index (κ3) is 8.58. The first-order valence-electron chi connectivity index (χ1n) is 19.1. The summed E-state index contributed by atoms with van der Waals surface area (Å²) in [6.07, 6.45) is 8.16. The lowest BCUT2D eigenvalue weighted by Gasteiger charge is -2.46. The third-order valence-corrected chi connectivity index (χ3v) is 15.9. The predicted octanol–water partition coefficient (Wildman–Crippen LogP) is 6.68. The standard InChI is InChI=1S/C40H53FN4O5S2/c1-31-17-23-43(36-20-26-45(27-21-36)52(48,49)40-15-11-38(12-16-40)50-37-7-3-2-4-8-37)30-33(31)28-32-6-5-22-42(29-32)35-18-24-44(25-19-35)51(46,47)39-13-9-34(41)10-14-39/h2-4,7-16,31-33,35-36H,5-6,17-30H2,1H3. The number of likely N-dealkylation sites (tertiary alicyclic amines) is 2. The molecule has 0 aromatic heterocycles. The van der Waals surface area contributed by atoms with Crippen molar-refractivity contribution in [2.24, 2.45) is 17.8 Å². The van der Waals surface area contributed by atoms with Gasteiger partial charge in [0.15, 0.2) is 0 Å². The van der Waals surface area contributed by atoms with Gasteiger partial charge in [0, 0.05) is 51.4 Å². The Morgan fingerprint density at radius 1 is 0.615 bits per heavy atom. The summed E-state index contributed by atoms with van der Waals surface area (Å²) in [6, 6.07) is 22.1. The summed E-state index contributed by atoms with van der Waals surface area (Å²) in [6.45, 7) is 8.78. The number of piperidine rings is 4. The Labute approximate surface area is 309 Å². The van der Waals surface area contributed by atoms with Gasteiger partial charge in [-0.15, -0.1) is 0 Å². The molecule has 0 N–H and O–H groups in total. The molecule has 9 nitrogen and oxygen atoms in total. The first-order valence-corrected chi connectivity index (χ1v) is 22.0. The smallest absolute Gasteiger partial charge is 0.243 e. The van der Waals surface area contributed by atoms with Crippen LogP contribution in [-0.4, -0.2) is 99.7 Å². The van der Waals surface area contributed by atoms with Crippen molar-refractivity contribution in [2.45, 2.75) is 80.2 Å². The summed E-state index contributed by atoms with van der Waals surface area (Å²) in [5.41, 5.74) is 0. The van der Waals surface area contributed by atoms with Crippen molar-refractivity contribution in [3.63, 3.8) is 0 Å². The molecule has 282 valence electrons.